The SMILES string of the molecule is CC(c1ccc(Cl)cc1)N(C)CCCCCCl. The van der Waals surface area contributed by atoms with Gasteiger partial charge in [-0.25, -0.2) is 0 Å². The first-order chi connectivity index (χ1) is 8.15. The molecule has 0 radical (unpaired) electrons. The van der Waals surface area contributed by atoms with Crippen LogP contribution in [0.5, 0.6) is 0 Å². The summed E-state index contributed by atoms with van der Waals surface area (Å²) in [4.78, 5) is 2.37. The molecule has 17 heavy (non-hydrogen) atoms. The molecule has 0 heterocycles. The molecule has 0 aliphatic rings. The van der Waals surface area contributed by atoms with E-state index in [1.54, 1.807) is 0 Å². The van der Waals surface area contributed by atoms with E-state index in [2.05, 4.69) is 31.0 Å². The fourth-order valence-electron chi connectivity index (χ4n) is 1.82. The summed E-state index contributed by atoms with van der Waals surface area (Å²) in [6.45, 7) is 3.34. The highest BCUT2D eigenvalue weighted by molar-refractivity contribution is 6.30. The Balaban J connectivity index is 2.40. The zero-order valence-electron chi connectivity index (χ0n) is 10.6. The van der Waals surface area contributed by atoms with E-state index >= 15 is 0 Å². The van der Waals surface area contributed by atoms with Crippen molar-refractivity contribution in [3.05, 3.63) is 34.9 Å². The zero-order valence-corrected chi connectivity index (χ0v) is 12.1. The molecule has 0 aliphatic heterocycles. The van der Waals surface area contributed by atoms with E-state index < -0.39 is 0 Å². The van der Waals surface area contributed by atoms with E-state index in [-0.39, 0.29) is 0 Å². The summed E-state index contributed by atoms with van der Waals surface area (Å²) in [6, 6.07) is 8.54. The topological polar surface area (TPSA) is 3.24 Å². The van der Waals surface area contributed by atoms with Crippen LogP contribution in [0, 0.1) is 0 Å². The Labute approximate surface area is 115 Å². The molecule has 96 valence electrons. The van der Waals surface area contributed by atoms with Crippen LogP contribution in [0.1, 0.15) is 37.8 Å². The molecule has 1 aromatic carbocycles. The average molecular weight is 274 g/mol. The standard InChI is InChI=1S/C14H21Cl2N/c1-12(13-6-8-14(16)9-7-13)17(2)11-5-3-4-10-15/h6-9,12H,3-5,10-11H2,1-2H3. The van der Waals surface area contributed by atoms with Gasteiger partial charge in [-0.1, -0.05) is 30.2 Å². The Hall–Kier alpha value is -0.240. The van der Waals surface area contributed by atoms with Crippen LogP contribution in [0.4, 0.5) is 0 Å². The van der Waals surface area contributed by atoms with E-state index in [9.17, 15) is 0 Å². The van der Waals surface area contributed by atoms with Crippen molar-refractivity contribution in [3.63, 3.8) is 0 Å². The molecule has 0 spiro atoms. The lowest BCUT2D eigenvalue weighted by atomic mass is 10.1. The van der Waals surface area contributed by atoms with Gasteiger partial charge in [0.2, 0.25) is 0 Å². The van der Waals surface area contributed by atoms with Crippen molar-refractivity contribution < 1.29 is 0 Å². The summed E-state index contributed by atoms with van der Waals surface area (Å²) >= 11 is 11.6. The maximum Gasteiger partial charge on any atom is 0.0406 e. The normalized spacial score (nSPS) is 13.0. The van der Waals surface area contributed by atoms with Crippen LogP contribution >= 0.6 is 23.2 Å². The Kier molecular flexibility index (Phi) is 6.94. The Bertz CT molecular complexity index is 311. The van der Waals surface area contributed by atoms with E-state index in [1.807, 2.05) is 12.1 Å². The molecular formula is C14H21Cl2N. The van der Waals surface area contributed by atoms with Gasteiger partial charge < -0.3 is 0 Å². The molecular weight excluding hydrogens is 253 g/mol. The predicted octanol–water partition coefficient (Wildman–Crippen LogP) is 4.74. The zero-order chi connectivity index (χ0) is 12.7. The predicted molar refractivity (Wildman–Crippen MR) is 77.1 cm³/mol. The smallest absolute Gasteiger partial charge is 0.0406 e. The Morgan fingerprint density at radius 2 is 1.76 bits per heavy atom. The van der Waals surface area contributed by atoms with Crippen LogP contribution in [0.15, 0.2) is 24.3 Å². The lowest BCUT2D eigenvalue weighted by Crippen LogP contribution is -2.23. The van der Waals surface area contributed by atoms with Crippen LogP contribution < -0.4 is 0 Å². The molecule has 1 atom stereocenters. The third-order valence-corrected chi connectivity index (χ3v) is 3.68. The summed E-state index contributed by atoms with van der Waals surface area (Å²) < 4.78 is 0. The quantitative estimate of drug-likeness (QED) is 0.512. The molecule has 0 aliphatic carbocycles. The van der Waals surface area contributed by atoms with Crippen LogP contribution in [-0.2, 0) is 0 Å². The summed E-state index contributed by atoms with van der Waals surface area (Å²) in [7, 11) is 2.17. The summed E-state index contributed by atoms with van der Waals surface area (Å²) in [5.41, 5.74) is 1.31. The molecule has 0 saturated carbocycles. The van der Waals surface area contributed by atoms with Gasteiger partial charge in [-0.15, -0.1) is 11.6 Å². The first-order valence-electron chi connectivity index (χ1n) is 6.17. The van der Waals surface area contributed by atoms with Gasteiger partial charge in [-0.05, 0) is 51.1 Å². The minimum Gasteiger partial charge on any atom is -0.300 e. The first kappa shape index (κ1) is 14.8. The summed E-state index contributed by atoms with van der Waals surface area (Å²) in [5, 5.41) is 0.797. The van der Waals surface area contributed by atoms with E-state index in [0.717, 1.165) is 23.9 Å². The largest absolute Gasteiger partial charge is 0.300 e. The van der Waals surface area contributed by atoms with Crippen LogP contribution in [0.25, 0.3) is 0 Å². The number of hydrogen-bond donors (Lipinski definition) is 0. The molecule has 1 rings (SSSR count). The van der Waals surface area contributed by atoms with Crippen molar-refractivity contribution in [2.24, 2.45) is 0 Å². The number of hydrogen-bond acceptors (Lipinski definition) is 1. The third-order valence-electron chi connectivity index (χ3n) is 3.16. The van der Waals surface area contributed by atoms with Gasteiger partial charge in [0.25, 0.3) is 0 Å². The third kappa shape index (κ3) is 5.29. The molecule has 0 saturated heterocycles. The van der Waals surface area contributed by atoms with E-state index in [4.69, 9.17) is 23.2 Å². The highest BCUT2D eigenvalue weighted by Gasteiger charge is 2.10. The molecule has 1 nitrogen and oxygen atoms in total. The second-order valence-corrected chi connectivity index (χ2v) is 5.27. The van der Waals surface area contributed by atoms with Crippen molar-refractivity contribution in [2.45, 2.75) is 32.2 Å². The number of halogens is 2. The highest BCUT2D eigenvalue weighted by Crippen LogP contribution is 2.21. The van der Waals surface area contributed by atoms with Crippen molar-refractivity contribution in [1.29, 1.82) is 0 Å². The van der Waals surface area contributed by atoms with Crippen LogP contribution in [0.3, 0.4) is 0 Å². The Morgan fingerprint density at radius 1 is 1.12 bits per heavy atom. The second kappa shape index (κ2) is 7.97. The fraction of sp³-hybridized carbons (Fsp3) is 0.571. The number of nitrogens with zero attached hydrogens (tertiary/aromatic N) is 1. The average Bonchev–Trinajstić information content (AvgIpc) is 2.34. The van der Waals surface area contributed by atoms with E-state index in [1.165, 1.54) is 18.4 Å². The molecule has 1 unspecified atom stereocenters. The van der Waals surface area contributed by atoms with Crippen molar-refractivity contribution in [1.82, 2.24) is 4.90 Å². The molecule has 0 N–H and O–H groups in total. The van der Waals surface area contributed by atoms with Crippen molar-refractivity contribution >= 4 is 23.2 Å². The van der Waals surface area contributed by atoms with Gasteiger partial charge in [0.05, 0.1) is 0 Å². The van der Waals surface area contributed by atoms with Gasteiger partial charge >= 0.3 is 0 Å². The monoisotopic (exact) mass is 273 g/mol. The summed E-state index contributed by atoms with van der Waals surface area (Å²) in [5.74, 6) is 0.774. The van der Waals surface area contributed by atoms with Gasteiger partial charge in [-0.3, -0.25) is 4.90 Å². The number of rotatable bonds is 7. The second-order valence-electron chi connectivity index (χ2n) is 4.46. The van der Waals surface area contributed by atoms with Crippen molar-refractivity contribution in [2.75, 3.05) is 19.5 Å². The fourth-order valence-corrected chi connectivity index (χ4v) is 2.14. The van der Waals surface area contributed by atoms with Gasteiger partial charge in [0.1, 0.15) is 0 Å². The molecule has 1 aromatic rings. The van der Waals surface area contributed by atoms with Crippen LogP contribution in [0.2, 0.25) is 5.02 Å². The van der Waals surface area contributed by atoms with Gasteiger partial charge in [0.15, 0.2) is 0 Å². The van der Waals surface area contributed by atoms with E-state index in [0.29, 0.717) is 6.04 Å². The number of benzene rings is 1. The number of alkyl halides is 1. The number of unbranched alkanes of at least 4 members (excludes halogenated alkanes) is 2. The molecule has 0 bridgehead atoms. The highest BCUT2D eigenvalue weighted by atomic mass is 35.5. The molecule has 0 fully saturated rings. The lowest BCUT2D eigenvalue weighted by molar-refractivity contribution is 0.256. The molecule has 0 aromatic heterocycles. The summed E-state index contributed by atoms with van der Waals surface area (Å²) in [6.07, 6.45) is 3.53. The first-order valence-corrected chi connectivity index (χ1v) is 7.08. The van der Waals surface area contributed by atoms with Gasteiger partial charge in [-0.2, -0.15) is 0 Å². The van der Waals surface area contributed by atoms with Crippen molar-refractivity contribution in [3.8, 4) is 0 Å². The van der Waals surface area contributed by atoms with Gasteiger partial charge in [0, 0.05) is 16.9 Å². The Morgan fingerprint density at radius 3 is 2.35 bits per heavy atom. The molecule has 3 heteroatoms. The lowest BCUT2D eigenvalue weighted by Gasteiger charge is -2.25. The van der Waals surface area contributed by atoms with Crippen LogP contribution in [-0.4, -0.2) is 24.4 Å². The maximum absolute atomic E-state index is 5.89. The minimum atomic E-state index is 0.434. The maximum atomic E-state index is 5.89. The minimum absolute atomic E-state index is 0.434. The molecule has 0 amide bonds.